The van der Waals surface area contributed by atoms with E-state index in [1.54, 1.807) is 13.0 Å². The van der Waals surface area contributed by atoms with Gasteiger partial charge in [-0.2, -0.15) is 0 Å². The molecule has 2 aromatic rings. The number of nitrogens with one attached hydrogen (secondary N) is 1. The summed E-state index contributed by atoms with van der Waals surface area (Å²) in [5.74, 6) is 5.22. The van der Waals surface area contributed by atoms with E-state index in [9.17, 15) is 9.18 Å². The summed E-state index contributed by atoms with van der Waals surface area (Å²) < 4.78 is 18.3. The SMILES string of the molecule is Cc1cc(C(=O)Nc2ccc(F)cc2C#CCN)co1. The summed E-state index contributed by atoms with van der Waals surface area (Å²) in [7, 11) is 0. The van der Waals surface area contributed by atoms with Gasteiger partial charge in [0, 0.05) is 0 Å². The fourth-order valence-corrected chi connectivity index (χ4v) is 1.63. The van der Waals surface area contributed by atoms with E-state index in [0.717, 1.165) is 0 Å². The number of carbonyl (C=O) groups excluding carboxylic acids is 1. The topological polar surface area (TPSA) is 68.3 Å². The Morgan fingerprint density at radius 2 is 2.25 bits per heavy atom. The first-order valence-electron chi connectivity index (χ1n) is 5.95. The van der Waals surface area contributed by atoms with Crippen molar-refractivity contribution in [2.75, 3.05) is 11.9 Å². The molecule has 4 nitrogen and oxygen atoms in total. The Bertz CT molecular complexity index is 695. The van der Waals surface area contributed by atoms with Crippen LogP contribution in [0.3, 0.4) is 0 Å². The van der Waals surface area contributed by atoms with Gasteiger partial charge in [-0.05, 0) is 31.2 Å². The number of halogens is 1. The van der Waals surface area contributed by atoms with Crippen molar-refractivity contribution in [3.63, 3.8) is 0 Å². The number of furan rings is 1. The van der Waals surface area contributed by atoms with Crippen LogP contribution in [0.15, 0.2) is 34.9 Å². The molecule has 0 unspecified atom stereocenters. The highest BCUT2D eigenvalue weighted by Gasteiger charge is 2.11. The summed E-state index contributed by atoms with van der Waals surface area (Å²) in [6, 6.07) is 5.58. The lowest BCUT2D eigenvalue weighted by Gasteiger charge is -2.06. The van der Waals surface area contributed by atoms with Crippen molar-refractivity contribution >= 4 is 11.6 Å². The van der Waals surface area contributed by atoms with Crippen molar-refractivity contribution in [2.24, 2.45) is 5.73 Å². The van der Waals surface area contributed by atoms with Crippen molar-refractivity contribution < 1.29 is 13.6 Å². The second-order valence-electron chi connectivity index (χ2n) is 4.10. The zero-order valence-electron chi connectivity index (χ0n) is 10.9. The second-order valence-corrected chi connectivity index (χ2v) is 4.10. The van der Waals surface area contributed by atoms with E-state index in [0.29, 0.717) is 22.6 Å². The maximum atomic E-state index is 13.2. The summed E-state index contributed by atoms with van der Waals surface area (Å²) in [4.78, 5) is 12.0. The summed E-state index contributed by atoms with van der Waals surface area (Å²) >= 11 is 0. The molecule has 102 valence electrons. The largest absolute Gasteiger partial charge is 0.469 e. The molecule has 0 saturated heterocycles. The van der Waals surface area contributed by atoms with Crippen LogP contribution in [-0.2, 0) is 0 Å². The van der Waals surface area contributed by atoms with E-state index >= 15 is 0 Å². The molecule has 1 aromatic carbocycles. The summed E-state index contributed by atoms with van der Waals surface area (Å²) in [6.45, 7) is 1.90. The number of amides is 1. The monoisotopic (exact) mass is 272 g/mol. The molecule has 0 bridgehead atoms. The van der Waals surface area contributed by atoms with Crippen molar-refractivity contribution in [3.05, 3.63) is 53.2 Å². The number of rotatable bonds is 2. The molecule has 1 aromatic heterocycles. The summed E-state index contributed by atoms with van der Waals surface area (Å²) in [6.07, 6.45) is 1.36. The molecule has 0 aliphatic rings. The van der Waals surface area contributed by atoms with E-state index in [-0.39, 0.29) is 12.5 Å². The number of anilines is 1. The van der Waals surface area contributed by atoms with E-state index < -0.39 is 5.82 Å². The lowest BCUT2D eigenvalue weighted by molar-refractivity contribution is 0.102. The molecule has 0 radical (unpaired) electrons. The Balaban J connectivity index is 2.26. The summed E-state index contributed by atoms with van der Waals surface area (Å²) in [5.41, 5.74) is 6.49. The standard InChI is InChI=1S/C15H13FN2O2/c1-10-7-12(9-20-10)15(19)18-14-5-4-13(16)8-11(14)3-2-6-17/h4-5,7-9H,6,17H2,1H3,(H,18,19). The molecule has 20 heavy (non-hydrogen) atoms. The molecule has 1 heterocycles. The second kappa shape index (κ2) is 6.04. The number of benzene rings is 1. The molecule has 0 saturated carbocycles. The van der Waals surface area contributed by atoms with Gasteiger partial charge in [0.25, 0.3) is 5.91 Å². The average Bonchev–Trinajstić information content (AvgIpc) is 2.85. The van der Waals surface area contributed by atoms with Crippen LogP contribution < -0.4 is 11.1 Å². The van der Waals surface area contributed by atoms with Gasteiger partial charge in [0.15, 0.2) is 0 Å². The van der Waals surface area contributed by atoms with E-state index in [4.69, 9.17) is 10.2 Å². The highest BCUT2D eigenvalue weighted by atomic mass is 19.1. The first-order chi connectivity index (χ1) is 9.60. The fraction of sp³-hybridized carbons (Fsp3) is 0.133. The van der Waals surface area contributed by atoms with Crippen molar-refractivity contribution in [3.8, 4) is 11.8 Å². The normalized spacial score (nSPS) is 9.75. The zero-order valence-corrected chi connectivity index (χ0v) is 10.9. The third kappa shape index (κ3) is 3.25. The van der Waals surface area contributed by atoms with Crippen LogP contribution in [0, 0.1) is 24.6 Å². The molecule has 0 spiro atoms. The molecular weight excluding hydrogens is 259 g/mol. The van der Waals surface area contributed by atoms with Gasteiger partial charge in [-0.25, -0.2) is 4.39 Å². The van der Waals surface area contributed by atoms with Crippen molar-refractivity contribution in [1.82, 2.24) is 0 Å². The van der Waals surface area contributed by atoms with Crippen molar-refractivity contribution in [1.29, 1.82) is 0 Å². The van der Waals surface area contributed by atoms with Crippen LogP contribution >= 0.6 is 0 Å². The van der Waals surface area contributed by atoms with Gasteiger partial charge in [-0.3, -0.25) is 4.79 Å². The minimum absolute atomic E-state index is 0.158. The molecule has 0 fully saturated rings. The highest BCUT2D eigenvalue weighted by Crippen LogP contribution is 2.17. The first-order valence-corrected chi connectivity index (χ1v) is 5.95. The highest BCUT2D eigenvalue weighted by molar-refractivity contribution is 6.04. The van der Waals surface area contributed by atoms with Gasteiger partial charge in [0.1, 0.15) is 17.8 Å². The van der Waals surface area contributed by atoms with Gasteiger partial charge in [0.2, 0.25) is 0 Å². The predicted octanol–water partition coefficient (Wildman–Crippen LogP) is 2.29. The zero-order chi connectivity index (χ0) is 14.5. The van der Waals surface area contributed by atoms with Crippen LogP contribution in [0.4, 0.5) is 10.1 Å². The fourth-order valence-electron chi connectivity index (χ4n) is 1.63. The molecule has 3 N–H and O–H groups in total. The lowest BCUT2D eigenvalue weighted by Crippen LogP contribution is -2.12. The van der Waals surface area contributed by atoms with Gasteiger partial charge in [-0.1, -0.05) is 11.8 Å². The molecule has 0 aliphatic carbocycles. The number of nitrogens with two attached hydrogens (primary N) is 1. The maximum absolute atomic E-state index is 13.2. The number of aryl methyl sites for hydroxylation is 1. The predicted molar refractivity (Wildman–Crippen MR) is 73.7 cm³/mol. The van der Waals surface area contributed by atoms with Crippen LogP contribution in [0.25, 0.3) is 0 Å². The molecule has 2 rings (SSSR count). The van der Waals surface area contributed by atoms with E-state index in [1.807, 2.05) is 0 Å². The average molecular weight is 272 g/mol. The maximum Gasteiger partial charge on any atom is 0.258 e. The third-order valence-electron chi connectivity index (χ3n) is 2.55. The first kappa shape index (κ1) is 13.8. The minimum Gasteiger partial charge on any atom is -0.469 e. The van der Waals surface area contributed by atoms with E-state index in [1.165, 1.54) is 24.5 Å². The number of hydrogen-bond acceptors (Lipinski definition) is 3. The van der Waals surface area contributed by atoms with Gasteiger partial charge >= 0.3 is 0 Å². The van der Waals surface area contributed by atoms with Crippen LogP contribution in [-0.4, -0.2) is 12.5 Å². The van der Waals surface area contributed by atoms with Gasteiger partial charge in [0.05, 0.1) is 23.4 Å². The van der Waals surface area contributed by atoms with Gasteiger partial charge in [-0.15, -0.1) is 0 Å². The summed E-state index contributed by atoms with van der Waals surface area (Å²) in [5, 5.41) is 2.67. The molecule has 0 atom stereocenters. The molecule has 5 heteroatoms. The van der Waals surface area contributed by atoms with Crippen LogP contribution in [0.1, 0.15) is 21.7 Å². The van der Waals surface area contributed by atoms with Crippen LogP contribution in [0.2, 0.25) is 0 Å². The minimum atomic E-state index is -0.427. The lowest BCUT2D eigenvalue weighted by atomic mass is 10.1. The Labute approximate surface area is 115 Å². The Morgan fingerprint density at radius 1 is 1.45 bits per heavy atom. The van der Waals surface area contributed by atoms with Crippen LogP contribution in [0.5, 0.6) is 0 Å². The smallest absolute Gasteiger partial charge is 0.258 e. The number of carbonyl (C=O) groups is 1. The molecular formula is C15H13FN2O2. The molecule has 1 amide bonds. The van der Waals surface area contributed by atoms with Crippen molar-refractivity contribution in [2.45, 2.75) is 6.92 Å². The quantitative estimate of drug-likeness (QED) is 0.824. The molecule has 0 aliphatic heterocycles. The Morgan fingerprint density at radius 3 is 2.90 bits per heavy atom. The Hall–Kier alpha value is -2.58. The third-order valence-corrected chi connectivity index (χ3v) is 2.55. The van der Waals surface area contributed by atoms with E-state index in [2.05, 4.69) is 17.2 Å². The van der Waals surface area contributed by atoms with Gasteiger partial charge < -0.3 is 15.5 Å². The number of hydrogen-bond donors (Lipinski definition) is 2. The Kier molecular flexibility index (Phi) is 4.18.